The molecule has 0 radical (unpaired) electrons. The number of ether oxygens (including phenoxy) is 1. The van der Waals surface area contributed by atoms with Crippen molar-refractivity contribution in [1.82, 2.24) is 19.8 Å². The highest BCUT2D eigenvalue weighted by Crippen LogP contribution is 2.06. The number of piperazine rings is 1. The zero-order valence-electron chi connectivity index (χ0n) is 10.3. The number of hydrogen-bond acceptors (Lipinski definition) is 4. The fraction of sp³-hybridized carbons (Fsp3) is 0.545. The second kappa shape index (κ2) is 5.52. The molecule has 98 valence electrons. The van der Waals surface area contributed by atoms with E-state index in [1.165, 1.54) is 0 Å². The van der Waals surface area contributed by atoms with Crippen LogP contribution in [0.4, 0.5) is 4.79 Å². The van der Waals surface area contributed by atoms with Crippen molar-refractivity contribution in [3.8, 4) is 0 Å². The van der Waals surface area contributed by atoms with Gasteiger partial charge in [-0.2, -0.15) is 0 Å². The summed E-state index contributed by atoms with van der Waals surface area (Å²) in [6.45, 7) is 4.12. The van der Waals surface area contributed by atoms with Crippen LogP contribution in [-0.4, -0.2) is 64.6 Å². The van der Waals surface area contributed by atoms with Crippen molar-refractivity contribution in [3.05, 3.63) is 18.2 Å². The first-order valence-corrected chi connectivity index (χ1v) is 5.92. The topological polar surface area (TPSA) is 78.5 Å². The van der Waals surface area contributed by atoms with Crippen molar-refractivity contribution in [3.63, 3.8) is 0 Å². The Morgan fingerprint density at radius 2 is 2.00 bits per heavy atom. The molecule has 1 aliphatic rings. The summed E-state index contributed by atoms with van der Waals surface area (Å²) < 4.78 is 4.91. The summed E-state index contributed by atoms with van der Waals surface area (Å²) in [5, 5.41) is 0. The van der Waals surface area contributed by atoms with Crippen molar-refractivity contribution in [1.29, 1.82) is 0 Å². The number of carbonyl (C=O) groups excluding carboxylic acids is 2. The zero-order valence-corrected chi connectivity index (χ0v) is 10.3. The molecule has 0 atom stereocenters. The molecule has 7 heteroatoms. The van der Waals surface area contributed by atoms with E-state index in [2.05, 4.69) is 9.97 Å². The first-order chi connectivity index (χ1) is 8.72. The Hall–Kier alpha value is -2.05. The Morgan fingerprint density at radius 3 is 2.56 bits per heavy atom. The Kier molecular flexibility index (Phi) is 3.81. The van der Waals surface area contributed by atoms with Gasteiger partial charge >= 0.3 is 6.09 Å². The monoisotopic (exact) mass is 252 g/mol. The molecule has 2 heterocycles. The normalized spacial score (nSPS) is 15.6. The number of H-pyrrole nitrogens is 1. The molecule has 1 aliphatic heterocycles. The average molecular weight is 252 g/mol. The minimum Gasteiger partial charge on any atom is -0.450 e. The van der Waals surface area contributed by atoms with E-state index in [0.717, 1.165) is 0 Å². The first-order valence-electron chi connectivity index (χ1n) is 5.92. The van der Waals surface area contributed by atoms with E-state index in [9.17, 15) is 9.59 Å². The number of carbonyl (C=O) groups is 2. The molecular formula is C11H16N4O3. The highest BCUT2D eigenvalue weighted by molar-refractivity contribution is 5.90. The van der Waals surface area contributed by atoms with Gasteiger partial charge in [-0.05, 0) is 6.92 Å². The number of nitrogens with one attached hydrogen (secondary N) is 1. The number of imidazole rings is 1. The van der Waals surface area contributed by atoms with Crippen molar-refractivity contribution in [2.75, 3.05) is 32.8 Å². The van der Waals surface area contributed by atoms with Crippen LogP contribution in [0, 0.1) is 0 Å². The van der Waals surface area contributed by atoms with Gasteiger partial charge in [-0.3, -0.25) is 4.79 Å². The maximum absolute atomic E-state index is 12.0. The van der Waals surface area contributed by atoms with Crippen LogP contribution in [0.5, 0.6) is 0 Å². The SMILES string of the molecule is CCOC(=O)N1CCN(C(=O)c2ncc[nH]2)CC1. The van der Waals surface area contributed by atoms with Gasteiger partial charge in [-0.15, -0.1) is 0 Å². The summed E-state index contributed by atoms with van der Waals surface area (Å²) in [6.07, 6.45) is 2.84. The van der Waals surface area contributed by atoms with Gasteiger partial charge in [0.2, 0.25) is 0 Å². The number of nitrogens with zero attached hydrogens (tertiary/aromatic N) is 3. The minimum atomic E-state index is -0.317. The van der Waals surface area contributed by atoms with E-state index in [1.54, 1.807) is 29.1 Å². The Balaban J connectivity index is 1.87. The van der Waals surface area contributed by atoms with E-state index in [-0.39, 0.29) is 12.0 Å². The molecule has 18 heavy (non-hydrogen) atoms. The number of aromatic nitrogens is 2. The lowest BCUT2D eigenvalue weighted by atomic mass is 10.3. The maximum Gasteiger partial charge on any atom is 0.409 e. The van der Waals surface area contributed by atoms with Crippen LogP contribution in [0.3, 0.4) is 0 Å². The van der Waals surface area contributed by atoms with Gasteiger partial charge in [0.1, 0.15) is 0 Å². The minimum absolute atomic E-state index is 0.136. The molecule has 0 bridgehead atoms. The molecule has 2 amide bonds. The van der Waals surface area contributed by atoms with Crippen LogP contribution >= 0.6 is 0 Å². The number of rotatable bonds is 2. The summed E-state index contributed by atoms with van der Waals surface area (Å²) >= 11 is 0. The van der Waals surface area contributed by atoms with Crippen LogP contribution < -0.4 is 0 Å². The zero-order chi connectivity index (χ0) is 13.0. The Bertz CT molecular complexity index is 410. The van der Waals surface area contributed by atoms with Crippen LogP contribution in [0.2, 0.25) is 0 Å². The summed E-state index contributed by atoms with van der Waals surface area (Å²) in [5.41, 5.74) is 0. The molecule has 0 saturated carbocycles. The van der Waals surface area contributed by atoms with Crippen LogP contribution in [0.1, 0.15) is 17.5 Å². The third-order valence-electron chi connectivity index (χ3n) is 2.79. The van der Waals surface area contributed by atoms with Crippen molar-refractivity contribution >= 4 is 12.0 Å². The fourth-order valence-corrected chi connectivity index (χ4v) is 1.84. The predicted octanol–water partition coefficient (Wildman–Crippen LogP) is 0.324. The maximum atomic E-state index is 12.0. The standard InChI is InChI=1S/C11H16N4O3/c1-2-18-11(17)15-7-5-14(6-8-15)10(16)9-12-3-4-13-9/h3-4H,2,5-8H2,1H3,(H,12,13). The largest absolute Gasteiger partial charge is 0.450 e. The molecule has 1 aromatic heterocycles. The molecule has 0 spiro atoms. The second-order valence-corrected chi connectivity index (χ2v) is 3.92. The molecule has 2 rings (SSSR count). The van der Waals surface area contributed by atoms with Crippen LogP contribution in [0.15, 0.2) is 12.4 Å². The lowest BCUT2D eigenvalue weighted by Crippen LogP contribution is -2.50. The summed E-state index contributed by atoms with van der Waals surface area (Å²) in [4.78, 5) is 33.4. The van der Waals surface area contributed by atoms with Gasteiger partial charge in [0.25, 0.3) is 5.91 Å². The van der Waals surface area contributed by atoms with Crippen molar-refractivity contribution in [2.24, 2.45) is 0 Å². The van der Waals surface area contributed by atoms with Gasteiger partial charge in [0.15, 0.2) is 5.82 Å². The molecular weight excluding hydrogens is 236 g/mol. The molecule has 1 saturated heterocycles. The van der Waals surface area contributed by atoms with E-state index < -0.39 is 0 Å². The summed E-state index contributed by atoms with van der Waals surface area (Å²) in [6, 6.07) is 0. The third-order valence-corrected chi connectivity index (χ3v) is 2.79. The molecule has 1 N–H and O–H groups in total. The Morgan fingerprint density at radius 1 is 1.33 bits per heavy atom. The molecule has 1 aromatic rings. The second-order valence-electron chi connectivity index (χ2n) is 3.92. The van der Waals surface area contributed by atoms with Crippen molar-refractivity contribution < 1.29 is 14.3 Å². The van der Waals surface area contributed by atoms with E-state index in [4.69, 9.17) is 4.74 Å². The summed E-state index contributed by atoms with van der Waals surface area (Å²) in [5.74, 6) is 0.197. The van der Waals surface area contributed by atoms with Crippen LogP contribution in [0.25, 0.3) is 0 Å². The van der Waals surface area contributed by atoms with Crippen LogP contribution in [-0.2, 0) is 4.74 Å². The fourth-order valence-electron chi connectivity index (χ4n) is 1.84. The first kappa shape index (κ1) is 12.4. The Labute approximate surface area is 105 Å². The van der Waals surface area contributed by atoms with E-state index in [0.29, 0.717) is 38.6 Å². The van der Waals surface area contributed by atoms with E-state index in [1.807, 2.05) is 0 Å². The molecule has 0 aromatic carbocycles. The lowest BCUT2D eigenvalue weighted by molar-refractivity contribution is 0.0562. The molecule has 7 nitrogen and oxygen atoms in total. The quantitative estimate of drug-likeness (QED) is 0.822. The predicted molar refractivity (Wildman–Crippen MR) is 63.1 cm³/mol. The van der Waals surface area contributed by atoms with Gasteiger partial charge in [0.05, 0.1) is 6.61 Å². The molecule has 1 fully saturated rings. The van der Waals surface area contributed by atoms with Gasteiger partial charge in [-0.1, -0.05) is 0 Å². The number of hydrogen-bond donors (Lipinski definition) is 1. The lowest BCUT2D eigenvalue weighted by Gasteiger charge is -2.33. The average Bonchev–Trinajstić information content (AvgIpc) is 2.92. The van der Waals surface area contributed by atoms with E-state index >= 15 is 0 Å². The number of aromatic amines is 1. The van der Waals surface area contributed by atoms with Crippen molar-refractivity contribution in [2.45, 2.75) is 6.92 Å². The van der Waals surface area contributed by atoms with Gasteiger partial charge in [-0.25, -0.2) is 9.78 Å². The molecule has 0 unspecified atom stereocenters. The smallest absolute Gasteiger partial charge is 0.409 e. The molecule has 0 aliphatic carbocycles. The highest BCUT2D eigenvalue weighted by Gasteiger charge is 2.26. The summed E-state index contributed by atoms with van der Waals surface area (Å²) in [7, 11) is 0. The van der Waals surface area contributed by atoms with Gasteiger partial charge in [0, 0.05) is 38.6 Å². The van der Waals surface area contributed by atoms with Gasteiger partial charge < -0.3 is 19.5 Å². The third kappa shape index (κ3) is 2.61. The number of amides is 2. The highest BCUT2D eigenvalue weighted by atomic mass is 16.6.